The molecule has 1 amide bonds. The van der Waals surface area contributed by atoms with Gasteiger partial charge in [0.2, 0.25) is 5.91 Å². The highest BCUT2D eigenvalue weighted by Gasteiger charge is 2.47. The maximum atomic E-state index is 13.1. The summed E-state index contributed by atoms with van der Waals surface area (Å²) in [6, 6.07) is 5.10. The Morgan fingerprint density at radius 3 is 2.88 bits per heavy atom. The highest BCUT2D eigenvalue weighted by Crippen LogP contribution is 2.40. The molecule has 1 aromatic heterocycles. The number of carbonyl (C=O) groups is 2. The lowest BCUT2D eigenvalue weighted by Gasteiger charge is -2.33. The number of nitrogens with zero attached hydrogens (tertiary/aromatic N) is 1. The number of fused-ring (bicyclic) bond motifs is 2. The lowest BCUT2D eigenvalue weighted by Crippen LogP contribution is -2.46. The smallest absolute Gasteiger partial charge is 0.326 e. The number of hydrogen-bond donors (Lipinski definition) is 2. The van der Waals surface area contributed by atoms with Crippen molar-refractivity contribution in [3.63, 3.8) is 0 Å². The Morgan fingerprint density at radius 1 is 1.31 bits per heavy atom. The second-order valence-corrected chi connectivity index (χ2v) is 7.38. The van der Waals surface area contributed by atoms with Crippen LogP contribution in [0.15, 0.2) is 24.4 Å². The molecule has 0 spiro atoms. The van der Waals surface area contributed by atoms with Crippen LogP contribution in [-0.2, 0) is 16.0 Å². The topological polar surface area (TPSA) is 82.6 Å². The molecule has 0 radical (unpaired) electrons. The fraction of sp³-hybridized carbons (Fsp3) is 0.500. The summed E-state index contributed by atoms with van der Waals surface area (Å²) in [6.45, 7) is 0. The fourth-order valence-electron chi connectivity index (χ4n) is 4.82. The minimum atomic E-state index is -0.885. The maximum Gasteiger partial charge on any atom is 0.326 e. The number of benzene rings is 1. The Kier molecular flexibility index (Phi) is 4.34. The van der Waals surface area contributed by atoms with Gasteiger partial charge in [0.25, 0.3) is 0 Å². The number of methoxy groups -OCH3 is 1. The van der Waals surface area contributed by atoms with Gasteiger partial charge in [-0.15, -0.1) is 0 Å². The number of carbonyl (C=O) groups excluding carboxylic acids is 1. The molecule has 1 aliphatic carbocycles. The third-order valence-corrected chi connectivity index (χ3v) is 5.97. The summed E-state index contributed by atoms with van der Waals surface area (Å²) in [5.41, 5.74) is 1.77. The third kappa shape index (κ3) is 2.73. The molecule has 26 heavy (non-hydrogen) atoms. The summed E-state index contributed by atoms with van der Waals surface area (Å²) in [5.74, 6) is 0.0625. The predicted octanol–water partition coefficient (Wildman–Crippen LogP) is 2.96. The van der Waals surface area contributed by atoms with E-state index in [2.05, 4.69) is 4.98 Å². The van der Waals surface area contributed by atoms with Gasteiger partial charge in [0, 0.05) is 23.1 Å². The lowest BCUT2D eigenvalue weighted by molar-refractivity contribution is -0.149. The van der Waals surface area contributed by atoms with Gasteiger partial charge < -0.3 is 19.7 Å². The van der Waals surface area contributed by atoms with Gasteiger partial charge >= 0.3 is 5.97 Å². The molecule has 1 saturated carbocycles. The Labute approximate surface area is 152 Å². The van der Waals surface area contributed by atoms with E-state index in [9.17, 15) is 14.7 Å². The van der Waals surface area contributed by atoms with Crippen LogP contribution in [0.2, 0.25) is 0 Å². The number of aliphatic carboxylic acids is 1. The van der Waals surface area contributed by atoms with E-state index in [1.54, 1.807) is 12.0 Å². The molecule has 138 valence electrons. The van der Waals surface area contributed by atoms with Crippen molar-refractivity contribution < 1.29 is 19.4 Å². The predicted molar refractivity (Wildman–Crippen MR) is 97.2 cm³/mol. The van der Waals surface area contributed by atoms with Gasteiger partial charge in [0.1, 0.15) is 11.8 Å². The molecular weight excluding hydrogens is 332 g/mol. The van der Waals surface area contributed by atoms with E-state index in [-0.39, 0.29) is 18.4 Å². The molecule has 2 aromatic rings. The van der Waals surface area contributed by atoms with Crippen molar-refractivity contribution in [3.05, 3.63) is 30.0 Å². The number of carboxylic acid groups (broad SMARTS) is 1. The largest absolute Gasteiger partial charge is 0.496 e. The summed E-state index contributed by atoms with van der Waals surface area (Å²) in [6.07, 6.45) is 6.75. The van der Waals surface area contributed by atoms with Crippen LogP contribution < -0.4 is 4.74 Å². The number of amides is 1. The van der Waals surface area contributed by atoms with Gasteiger partial charge in [-0.25, -0.2) is 4.79 Å². The van der Waals surface area contributed by atoms with E-state index in [1.807, 2.05) is 24.4 Å². The lowest BCUT2D eigenvalue weighted by atomic mass is 9.84. The van der Waals surface area contributed by atoms with Crippen LogP contribution in [0, 0.1) is 5.92 Å². The van der Waals surface area contributed by atoms with Gasteiger partial charge in [-0.2, -0.15) is 0 Å². The molecule has 1 saturated heterocycles. The zero-order valence-corrected chi connectivity index (χ0v) is 14.9. The number of aromatic nitrogens is 1. The number of hydrogen-bond acceptors (Lipinski definition) is 3. The molecule has 3 atom stereocenters. The quantitative estimate of drug-likeness (QED) is 0.882. The van der Waals surface area contributed by atoms with Crippen LogP contribution in [-0.4, -0.2) is 46.1 Å². The van der Waals surface area contributed by atoms with Crippen LogP contribution >= 0.6 is 0 Å². The van der Waals surface area contributed by atoms with E-state index in [4.69, 9.17) is 4.74 Å². The van der Waals surface area contributed by atoms with Crippen LogP contribution in [0.4, 0.5) is 0 Å². The molecule has 1 aliphatic heterocycles. The number of H-pyrrole nitrogens is 1. The molecule has 2 aliphatic rings. The Hall–Kier alpha value is -2.50. The van der Waals surface area contributed by atoms with E-state index in [0.29, 0.717) is 12.3 Å². The number of nitrogens with one attached hydrogen (secondary N) is 1. The zero-order chi connectivity index (χ0) is 18.3. The van der Waals surface area contributed by atoms with Crippen LogP contribution in [0.3, 0.4) is 0 Å². The van der Waals surface area contributed by atoms with Crippen molar-refractivity contribution in [2.24, 2.45) is 5.92 Å². The first-order valence-corrected chi connectivity index (χ1v) is 9.27. The number of carboxylic acids is 1. The summed E-state index contributed by atoms with van der Waals surface area (Å²) in [5, 5.41) is 10.5. The van der Waals surface area contributed by atoms with Crippen molar-refractivity contribution in [3.8, 4) is 5.75 Å². The van der Waals surface area contributed by atoms with E-state index in [1.165, 1.54) is 0 Å². The second kappa shape index (κ2) is 6.67. The molecular formula is C20H24N2O4. The molecule has 4 rings (SSSR count). The summed E-state index contributed by atoms with van der Waals surface area (Å²) in [4.78, 5) is 29.7. The number of aromatic amines is 1. The van der Waals surface area contributed by atoms with Crippen molar-refractivity contribution in [2.75, 3.05) is 7.11 Å². The third-order valence-electron chi connectivity index (χ3n) is 5.97. The summed E-state index contributed by atoms with van der Waals surface area (Å²) >= 11 is 0. The summed E-state index contributed by atoms with van der Waals surface area (Å²) in [7, 11) is 1.61. The van der Waals surface area contributed by atoms with Crippen LogP contribution in [0.25, 0.3) is 10.9 Å². The first-order valence-electron chi connectivity index (χ1n) is 9.27. The molecule has 1 aromatic carbocycles. The average Bonchev–Trinajstić information content (AvgIpc) is 3.23. The van der Waals surface area contributed by atoms with Crippen molar-refractivity contribution in [1.82, 2.24) is 9.88 Å². The van der Waals surface area contributed by atoms with Gasteiger partial charge in [-0.3, -0.25) is 4.79 Å². The van der Waals surface area contributed by atoms with E-state index >= 15 is 0 Å². The Balaban J connectivity index is 1.64. The molecule has 2 heterocycles. The summed E-state index contributed by atoms with van der Waals surface area (Å²) < 4.78 is 5.44. The van der Waals surface area contributed by atoms with Crippen LogP contribution in [0.1, 0.15) is 37.7 Å². The Bertz CT molecular complexity index is 843. The number of likely N-dealkylation sites (tertiary alicyclic amines) is 1. The average molecular weight is 356 g/mol. The van der Waals surface area contributed by atoms with Crippen molar-refractivity contribution >= 4 is 22.8 Å². The van der Waals surface area contributed by atoms with E-state index < -0.39 is 12.0 Å². The van der Waals surface area contributed by atoms with Gasteiger partial charge in [-0.1, -0.05) is 18.9 Å². The normalized spacial score (nSPS) is 25.3. The molecule has 2 fully saturated rings. The van der Waals surface area contributed by atoms with Crippen LogP contribution in [0.5, 0.6) is 5.75 Å². The first kappa shape index (κ1) is 16.9. The minimum absolute atomic E-state index is 0.0736. The SMILES string of the molecule is COc1cccc2[nH]cc(CC(=O)N3C(C(=O)O)CC4CCCCC43)c12. The Morgan fingerprint density at radius 2 is 2.12 bits per heavy atom. The van der Waals surface area contributed by atoms with Gasteiger partial charge in [0.05, 0.1) is 13.5 Å². The standard InChI is InChI=1S/C20H24N2O4/c1-26-17-8-4-6-14-19(17)13(11-21-14)10-18(23)22-15-7-3-2-5-12(15)9-16(22)20(24)25/h4,6,8,11-12,15-16,21H,2-3,5,7,9-10H2,1H3,(H,24,25). The highest BCUT2D eigenvalue weighted by molar-refractivity contribution is 5.94. The second-order valence-electron chi connectivity index (χ2n) is 7.38. The van der Waals surface area contributed by atoms with Gasteiger partial charge in [-0.05, 0) is 42.9 Å². The van der Waals surface area contributed by atoms with Gasteiger partial charge in [0.15, 0.2) is 0 Å². The maximum absolute atomic E-state index is 13.1. The van der Waals surface area contributed by atoms with Crippen molar-refractivity contribution in [2.45, 2.75) is 50.6 Å². The van der Waals surface area contributed by atoms with E-state index in [0.717, 1.165) is 47.9 Å². The molecule has 6 heteroatoms. The molecule has 2 N–H and O–H groups in total. The fourth-order valence-corrected chi connectivity index (χ4v) is 4.82. The zero-order valence-electron chi connectivity index (χ0n) is 14.9. The minimum Gasteiger partial charge on any atom is -0.496 e. The monoisotopic (exact) mass is 356 g/mol. The highest BCUT2D eigenvalue weighted by atomic mass is 16.5. The number of ether oxygens (including phenoxy) is 1. The molecule has 0 bridgehead atoms. The molecule has 6 nitrogen and oxygen atoms in total. The van der Waals surface area contributed by atoms with Crippen molar-refractivity contribution in [1.29, 1.82) is 0 Å². The first-order chi connectivity index (χ1) is 12.6. The number of rotatable bonds is 4. The molecule has 3 unspecified atom stereocenters.